The van der Waals surface area contributed by atoms with Gasteiger partial charge in [-0.15, -0.1) is 0 Å². The molecule has 0 spiro atoms. The van der Waals surface area contributed by atoms with E-state index in [4.69, 9.17) is 5.73 Å². The second kappa shape index (κ2) is 4.06. The summed E-state index contributed by atoms with van der Waals surface area (Å²) in [6.45, 7) is 0. The number of hydrogen-bond acceptors (Lipinski definition) is 4. The number of nitrogens with two attached hydrogens (primary N) is 1. The molecule has 1 aliphatic carbocycles. The number of nitrogens with one attached hydrogen (secondary N) is 1. The molecule has 0 unspecified atom stereocenters. The highest BCUT2D eigenvalue weighted by Crippen LogP contribution is 2.22. The van der Waals surface area contributed by atoms with Gasteiger partial charge >= 0.3 is 0 Å². The zero-order valence-electron chi connectivity index (χ0n) is 9.18. The molecule has 3 N–H and O–H groups in total. The molecule has 1 heterocycles. The van der Waals surface area contributed by atoms with Crippen LogP contribution >= 0.6 is 0 Å². The van der Waals surface area contributed by atoms with Gasteiger partial charge in [0.1, 0.15) is 0 Å². The van der Waals surface area contributed by atoms with Crippen molar-refractivity contribution in [1.29, 1.82) is 0 Å². The summed E-state index contributed by atoms with van der Waals surface area (Å²) in [6.07, 6.45) is 5.36. The topological polar surface area (TPSA) is 90.0 Å². The predicted molar refractivity (Wildman–Crippen MR) is 60.2 cm³/mol. The van der Waals surface area contributed by atoms with Crippen LogP contribution in [0, 0.1) is 0 Å². The third-order valence-electron chi connectivity index (χ3n) is 2.84. The van der Waals surface area contributed by atoms with Crippen molar-refractivity contribution >= 4 is 15.8 Å². The predicted octanol–water partition coefficient (Wildman–Crippen LogP) is 0.223. The minimum atomic E-state index is -3.54. The smallest absolute Gasteiger partial charge is 0.260 e. The van der Waals surface area contributed by atoms with Crippen molar-refractivity contribution in [3.05, 3.63) is 6.33 Å². The van der Waals surface area contributed by atoms with E-state index in [0.717, 1.165) is 25.7 Å². The Hall–Kier alpha value is -1.08. The summed E-state index contributed by atoms with van der Waals surface area (Å²) in [5.74, 6) is 0.0491. The summed E-state index contributed by atoms with van der Waals surface area (Å²) < 4.78 is 28.2. The van der Waals surface area contributed by atoms with Gasteiger partial charge in [-0.25, -0.2) is 18.1 Å². The monoisotopic (exact) mass is 244 g/mol. The first-order chi connectivity index (χ1) is 7.50. The van der Waals surface area contributed by atoms with E-state index in [-0.39, 0.29) is 16.9 Å². The molecule has 1 aromatic heterocycles. The van der Waals surface area contributed by atoms with Crippen LogP contribution in [0.3, 0.4) is 0 Å². The van der Waals surface area contributed by atoms with E-state index in [1.807, 2.05) is 0 Å². The number of nitrogens with zero attached hydrogens (tertiary/aromatic N) is 2. The average Bonchev–Trinajstić information content (AvgIpc) is 2.76. The minimum absolute atomic E-state index is 0.0410. The van der Waals surface area contributed by atoms with Crippen LogP contribution in [0.15, 0.2) is 11.4 Å². The van der Waals surface area contributed by atoms with Gasteiger partial charge in [-0.1, -0.05) is 12.8 Å². The van der Waals surface area contributed by atoms with Crippen molar-refractivity contribution < 1.29 is 8.42 Å². The first kappa shape index (κ1) is 11.4. The number of hydrogen-bond donors (Lipinski definition) is 2. The minimum Gasteiger partial charge on any atom is -0.381 e. The fraction of sp³-hybridized carbons (Fsp3) is 0.667. The zero-order valence-corrected chi connectivity index (χ0v) is 10.00. The Morgan fingerprint density at radius 2 is 2.12 bits per heavy atom. The lowest BCUT2D eigenvalue weighted by Gasteiger charge is -2.12. The van der Waals surface area contributed by atoms with E-state index in [1.54, 1.807) is 7.05 Å². The van der Waals surface area contributed by atoms with E-state index in [1.165, 1.54) is 10.9 Å². The Labute approximate surface area is 94.9 Å². The van der Waals surface area contributed by atoms with Crippen molar-refractivity contribution in [2.24, 2.45) is 7.05 Å². The maximum Gasteiger partial charge on any atom is 0.260 e. The number of nitrogen functional groups attached to an aromatic ring is 1. The third kappa shape index (κ3) is 2.05. The quantitative estimate of drug-likeness (QED) is 0.796. The van der Waals surface area contributed by atoms with Gasteiger partial charge in [-0.2, -0.15) is 0 Å². The molecule has 16 heavy (non-hydrogen) atoms. The SMILES string of the molecule is Cn1cnc(N)c1S(=O)(=O)NC1CCCC1. The lowest BCUT2D eigenvalue weighted by molar-refractivity contribution is 0.544. The first-order valence-corrected chi connectivity index (χ1v) is 6.78. The molecule has 2 rings (SSSR count). The molecule has 0 atom stereocenters. The molecule has 90 valence electrons. The summed E-state index contributed by atoms with van der Waals surface area (Å²) in [5, 5.41) is 0.0550. The largest absolute Gasteiger partial charge is 0.381 e. The molecule has 0 saturated heterocycles. The van der Waals surface area contributed by atoms with Crippen molar-refractivity contribution in [3.63, 3.8) is 0 Å². The summed E-state index contributed by atoms with van der Waals surface area (Å²) in [5.41, 5.74) is 5.55. The van der Waals surface area contributed by atoms with Gasteiger partial charge in [0.25, 0.3) is 10.0 Å². The van der Waals surface area contributed by atoms with Crippen molar-refractivity contribution in [2.75, 3.05) is 5.73 Å². The highest BCUT2D eigenvalue weighted by Gasteiger charge is 2.27. The van der Waals surface area contributed by atoms with Gasteiger partial charge in [0, 0.05) is 13.1 Å². The van der Waals surface area contributed by atoms with Gasteiger partial charge in [0.05, 0.1) is 6.33 Å². The average molecular weight is 244 g/mol. The Bertz CT molecular complexity index is 454. The lowest BCUT2D eigenvalue weighted by Crippen LogP contribution is -2.34. The first-order valence-electron chi connectivity index (χ1n) is 5.30. The molecule has 1 fully saturated rings. The van der Waals surface area contributed by atoms with Gasteiger partial charge in [0.15, 0.2) is 10.8 Å². The third-order valence-corrected chi connectivity index (χ3v) is 4.49. The van der Waals surface area contributed by atoms with E-state index < -0.39 is 10.0 Å². The van der Waals surface area contributed by atoms with Gasteiger partial charge in [0.2, 0.25) is 0 Å². The summed E-state index contributed by atoms with van der Waals surface area (Å²) >= 11 is 0. The molecule has 7 heteroatoms. The fourth-order valence-electron chi connectivity index (χ4n) is 2.08. The molecular formula is C9H16N4O2S. The van der Waals surface area contributed by atoms with Gasteiger partial charge < -0.3 is 10.3 Å². The Balaban J connectivity index is 2.25. The normalized spacial score (nSPS) is 18.1. The number of aryl methyl sites for hydroxylation is 1. The second-order valence-electron chi connectivity index (χ2n) is 4.15. The van der Waals surface area contributed by atoms with Crippen LogP contribution < -0.4 is 10.5 Å². The number of rotatable bonds is 3. The molecule has 1 saturated carbocycles. The summed E-state index contributed by atoms with van der Waals surface area (Å²) in [6, 6.07) is 0.0410. The molecule has 0 aliphatic heterocycles. The lowest BCUT2D eigenvalue weighted by atomic mass is 10.3. The molecule has 1 aliphatic rings. The van der Waals surface area contributed by atoms with Crippen LogP contribution in [0.1, 0.15) is 25.7 Å². The molecule has 0 radical (unpaired) electrons. The summed E-state index contributed by atoms with van der Waals surface area (Å²) in [7, 11) is -1.92. The molecule has 1 aromatic rings. The maximum absolute atomic E-state index is 12.0. The number of anilines is 1. The van der Waals surface area contributed by atoms with E-state index in [0.29, 0.717) is 0 Å². The van der Waals surface area contributed by atoms with Crippen molar-refractivity contribution in [1.82, 2.24) is 14.3 Å². The van der Waals surface area contributed by atoms with E-state index >= 15 is 0 Å². The molecular weight excluding hydrogens is 228 g/mol. The Morgan fingerprint density at radius 1 is 1.50 bits per heavy atom. The number of imidazole rings is 1. The van der Waals surface area contributed by atoms with E-state index in [2.05, 4.69) is 9.71 Å². The highest BCUT2D eigenvalue weighted by molar-refractivity contribution is 7.89. The van der Waals surface area contributed by atoms with Crippen LogP contribution in [0.5, 0.6) is 0 Å². The number of sulfonamides is 1. The standard InChI is InChI=1S/C9H16N4O2S/c1-13-6-11-8(10)9(13)16(14,15)12-7-4-2-3-5-7/h6-7,12H,2-5,10H2,1H3. The Kier molecular flexibility index (Phi) is 2.90. The van der Waals surface area contributed by atoms with Gasteiger partial charge in [-0.05, 0) is 12.8 Å². The molecule has 0 aromatic carbocycles. The highest BCUT2D eigenvalue weighted by atomic mass is 32.2. The second-order valence-corrected chi connectivity index (χ2v) is 5.78. The van der Waals surface area contributed by atoms with Crippen LogP contribution in [0.25, 0.3) is 0 Å². The van der Waals surface area contributed by atoms with Crippen molar-refractivity contribution in [2.45, 2.75) is 36.8 Å². The van der Waals surface area contributed by atoms with Crippen LogP contribution in [0.2, 0.25) is 0 Å². The molecule has 0 amide bonds. The van der Waals surface area contributed by atoms with Crippen LogP contribution in [0.4, 0.5) is 5.82 Å². The summed E-state index contributed by atoms with van der Waals surface area (Å²) in [4.78, 5) is 3.78. The van der Waals surface area contributed by atoms with Crippen molar-refractivity contribution in [3.8, 4) is 0 Å². The zero-order chi connectivity index (χ0) is 11.8. The van der Waals surface area contributed by atoms with Crippen LogP contribution in [-0.4, -0.2) is 24.0 Å². The van der Waals surface area contributed by atoms with Gasteiger partial charge in [-0.3, -0.25) is 0 Å². The van der Waals surface area contributed by atoms with E-state index in [9.17, 15) is 8.42 Å². The van der Waals surface area contributed by atoms with Crippen LogP contribution in [-0.2, 0) is 17.1 Å². The molecule has 0 bridgehead atoms. The fourth-order valence-corrected chi connectivity index (χ4v) is 3.62. The Morgan fingerprint density at radius 3 is 2.62 bits per heavy atom. The maximum atomic E-state index is 12.0. The molecule has 6 nitrogen and oxygen atoms in total. The number of aromatic nitrogens is 2.